The Morgan fingerprint density at radius 3 is 2.84 bits per heavy atom. The number of nitrogens with zero attached hydrogens (tertiary/aromatic N) is 6. The summed E-state index contributed by atoms with van der Waals surface area (Å²) in [4.78, 5) is 19.5. The lowest BCUT2D eigenvalue weighted by Gasteiger charge is -2.31. The first-order valence-electron chi connectivity index (χ1n) is 10.6. The van der Waals surface area contributed by atoms with Crippen LogP contribution in [0.2, 0.25) is 0 Å². The molecule has 1 atom stereocenters. The number of aryl methyl sites for hydroxylation is 1. The van der Waals surface area contributed by atoms with Gasteiger partial charge in [0.15, 0.2) is 11.5 Å². The van der Waals surface area contributed by atoms with Crippen LogP contribution in [0.4, 0.5) is 5.69 Å². The van der Waals surface area contributed by atoms with Gasteiger partial charge in [0, 0.05) is 38.8 Å². The van der Waals surface area contributed by atoms with E-state index in [0.717, 1.165) is 43.1 Å². The van der Waals surface area contributed by atoms with E-state index >= 15 is 0 Å². The van der Waals surface area contributed by atoms with Gasteiger partial charge in [0.25, 0.3) is 5.91 Å². The minimum absolute atomic E-state index is 0.0147. The second-order valence-corrected chi connectivity index (χ2v) is 7.96. The Morgan fingerprint density at radius 2 is 2.03 bits per heavy atom. The number of hydrogen-bond donors (Lipinski definition) is 1. The van der Waals surface area contributed by atoms with Crippen LogP contribution in [-0.2, 0) is 13.6 Å². The van der Waals surface area contributed by atoms with Crippen LogP contribution in [0.1, 0.15) is 40.6 Å². The molecule has 0 bridgehead atoms. The summed E-state index contributed by atoms with van der Waals surface area (Å²) in [7, 11) is 1.79. The van der Waals surface area contributed by atoms with Crippen molar-refractivity contribution in [2.45, 2.75) is 25.3 Å². The third kappa shape index (κ3) is 4.01. The molecule has 0 unspecified atom stereocenters. The van der Waals surface area contributed by atoms with E-state index in [4.69, 9.17) is 10.1 Å². The van der Waals surface area contributed by atoms with Gasteiger partial charge in [0.05, 0.1) is 11.9 Å². The van der Waals surface area contributed by atoms with Crippen molar-refractivity contribution in [3.63, 3.8) is 0 Å². The maximum atomic E-state index is 12.9. The Hall–Kier alpha value is -3.68. The van der Waals surface area contributed by atoms with Gasteiger partial charge in [-0.3, -0.25) is 9.48 Å². The summed E-state index contributed by atoms with van der Waals surface area (Å²) in [6.07, 6.45) is 5.54. The SMILES string of the molecule is Cn1nccc1C(=O)N1CCC[C@@H](c2nc3ccc(NCc4ccccc4)cn3n2)C1. The van der Waals surface area contributed by atoms with Crippen molar-refractivity contribution in [2.24, 2.45) is 7.05 Å². The van der Waals surface area contributed by atoms with Gasteiger partial charge < -0.3 is 10.2 Å². The number of rotatable bonds is 5. The van der Waals surface area contributed by atoms with E-state index in [1.54, 1.807) is 24.0 Å². The topological polar surface area (TPSA) is 80.4 Å². The van der Waals surface area contributed by atoms with Crippen molar-refractivity contribution in [1.29, 1.82) is 0 Å². The van der Waals surface area contributed by atoms with Crippen molar-refractivity contribution in [3.8, 4) is 0 Å². The Morgan fingerprint density at radius 1 is 1.16 bits per heavy atom. The molecule has 4 aromatic rings. The normalized spacial score (nSPS) is 16.5. The fraction of sp³-hybridized carbons (Fsp3) is 0.304. The zero-order valence-electron chi connectivity index (χ0n) is 17.5. The number of amides is 1. The van der Waals surface area contributed by atoms with Gasteiger partial charge in [0.1, 0.15) is 5.69 Å². The molecule has 8 heteroatoms. The highest BCUT2D eigenvalue weighted by Crippen LogP contribution is 2.26. The molecular formula is C23H25N7O. The van der Waals surface area contributed by atoms with Crippen LogP contribution < -0.4 is 5.32 Å². The highest BCUT2D eigenvalue weighted by molar-refractivity contribution is 5.92. The second kappa shape index (κ2) is 8.22. The van der Waals surface area contributed by atoms with Gasteiger partial charge in [-0.15, -0.1) is 0 Å². The molecule has 1 fully saturated rings. The Balaban J connectivity index is 1.30. The minimum Gasteiger partial charge on any atom is -0.380 e. The maximum Gasteiger partial charge on any atom is 0.272 e. The van der Waals surface area contributed by atoms with Crippen LogP contribution in [-0.4, -0.2) is 48.3 Å². The van der Waals surface area contributed by atoms with Crippen LogP contribution in [0.25, 0.3) is 5.65 Å². The average Bonchev–Trinajstić information content (AvgIpc) is 3.43. The van der Waals surface area contributed by atoms with Gasteiger partial charge >= 0.3 is 0 Å². The molecule has 8 nitrogen and oxygen atoms in total. The summed E-state index contributed by atoms with van der Waals surface area (Å²) in [6, 6.07) is 16.1. The molecule has 4 heterocycles. The number of fused-ring (bicyclic) bond motifs is 1. The van der Waals surface area contributed by atoms with Gasteiger partial charge in [-0.05, 0) is 36.6 Å². The molecule has 3 aromatic heterocycles. The van der Waals surface area contributed by atoms with Gasteiger partial charge in [-0.1, -0.05) is 30.3 Å². The van der Waals surface area contributed by atoms with Crippen LogP contribution in [0.3, 0.4) is 0 Å². The van der Waals surface area contributed by atoms with E-state index < -0.39 is 0 Å². The monoisotopic (exact) mass is 415 g/mol. The van der Waals surface area contributed by atoms with Gasteiger partial charge in [0.2, 0.25) is 0 Å². The molecule has 1 aromatic carbocycles. The predicted octanol–water partition coefficient (Wildman–Crippen LogP) is 3.09. The number of benzene rings is 1. The first-order valence-corrected chi connectivity index (χ1v) is 10.6. The number of pyridine rings is 1. The number of hydrogen-bond acceptors (Lipinski definition) is 5. The molecule has 31 heavy (non-hydrogen) atoms. The molecule has 1 aliphatic heterocycles. The number of carbonyl (C=O) groups excluding carboxylic acids is 1. The summed E-state index contributed by atoms with van der Waals surface area (Å²) in [5.41, 5.74) is 3.64. The van der Waals surface area contributed by atoms with E-state index in [1.165, 1.54) is 5.56 Å². The van der Waals surface area contributed by atoms with E-state index in [2.05, 4.69) is 22.5 Å². The van der Waals surface area contributed by atoms with Crippen molar-refractivity contribution >= 4 is 17.2 Å². The summed E-state index contributed by atoms with van der Waals surface area (Å²) in [6.45, 7) is 2.13. The minimum atomic E-state index is 0.0147. The third-order valence-corrected chi connectivity index (χ3v) is 5.80. The van der Waals surface area contributed by atoms with Gasteiger partial charge in [-0.2, -0.15) is 10.2 Å². The van der Waals surface area contributed by atoms with Crippen molar-refractivity contribution < 1.29 is 4.79 Å². The number of likely N-dealkylation sites (tertiary alicyclic amines) is 1. The highest BCUT2D eigenvalue weighted by Gasteiger charge is 2.29. The Kier molecular flexibility index (Phi) is 5.11. The number of anilines is 1. The molecule has 1 saturated heterocycles. The fourth-order valence-corrected chi connectivity index (χ4v) is 4.10. The number of carbonyl (C=O) groups is 1. The van der Waals surface area contributed by atoms with E-state index in [1.807, 2.05) is 45.9 Å². The number of piperidine rings is 1. The quantitative estimate of drug-likeness (QED) is 0.542. The molecule has 1 N–H and O–H groups in total. The molecule has 0 aliphatic carbocycles. The molecule has 0 radical (unpaired) electrons. The van der Waals surface area contributed by atoms with Crippen molar-refractivity contribution in [2.75, 3.05) is 18.4 Å². The molecule has 5 rings (SSSR count). The molecule has 0 spiro atoms. The fourth-order valence-electron chi connectivity index (χ4n) is 4.10. The van der Waals surface area contributed by atoms with Crippen LogP contribution >= 0.6 is 0 Å². The smallest absolute Gasteiger partial charge is 0.272 e. The van der Waals surface area contributed by atoms with Crippen LogP contribution in [0, 0.1) is 0 Å². The highest BCUT2D eigenvalue weighted by atomic mass is 16.2. The zero-order chi connectivity index (χ0) is 21.2. The lowest BCUT2D eigenvalue weighted by atomic mass is 9.97. The molecular weight excluding hydrogens is 390 g/mol. The number of aromatic nitrogens is 5. The van der Waals surface area contributed by atoms with Gasteiger partial charge in [-0.25, -0.2) is 9.50 Å². The summed E-state index contributed by atoms with van der Waals surface area (Å²) >= 11 is 0. The second-order valence-electron chi connectivity index (χ2n) is 7.96. The number of nitrogens with one attached hydrogen (secondary N) is 1. The van der Waals surface area contributed by atoms with E-state index in [0.29, 0.717) is 12.2 Å². The Labute approximate surface area is 180 Å². The maximum absolute atomic E-state index is 12.9. The average molecular weight is 416 g/mol. The predicted molar refractivity (Wildman–Crippen MR) is 118 cm³/mol. The lowest BCUT2D eigenvalue weighted by molar-refractivity contribution is 0.0693. The first kappa shape index (κ1) is 19.3. The third-order valence-electron chi connectivity index (χ3n) is 5.80. The summed E-state index contributed by atoms with van der Waals surface area (Å²) in [5, 5.41) is 12.3. The molecule has 0 saturated carbocycles. The largest absolute Gasteiger partial charge is 0.380 e. The summed E-state index contributed by atoms with van der Waals surface area (Å²) < 4.78 is 3.45. The van der Waals surface area contributed by atoms with E-state index in [9.17, 15) is 4.79 Å². The zero-order valence-corrected chi connectivity index (χ0v) is 17.5. The molecule has 1 amide bonds. The first-order chi connectivity index (χ1) is 15.2. The molecule has 1 aliphatic rings. The summed E-state index contributed by atoms with van der Waals surface area (Å²) in [5.74, 6) is 0.940. The molecule has 158 valence electrons. The van der Waals surface area contributed by atoms with Crippen LogP contribution in [0.5, 0.6) is 0 Å². The van der Waals surface area contributed by atoms with Crippen molar-refractivity contribution in [1.82, 2.24) is 29.3 Å². The standard InChI is InChI=1S/C23H25N7O/c1-28-20(11-12-25-28)23(31)29-13-5-8-18(15-29)22-26-21-10-9-19(16-30(21)27-22)24-14-17-6-3-2-4-7-17/h2-4,6-7,9-12,16,18,24H,5,8,13-15H2,1H3/t18-/m1/s1. The van der Waals surface area contributed by atoms with E-state index in [-0.39, 0.29) is 11.8 Å². The lowest BCUT2D eigenvalue weighted by Crippen LogP contribution is -2.40. The van der Waals surface area contributed by atoms with Crippen LogP contribution in [0.15, 0.2) is 60.9 Å². The Bertz CT molecular complexity index is 1200. The van der Waals surface area contributed by atoms with Crippen molar-refractivity contribution in [3.05, 3.63) is 78.0 Å².